The number of likely N-dealkylation sites (tertiary alicyclic amines) is 1. The number of nitrogens with one attached hydrogen (secondary N) is 1. The molecular formula is C21H23N4O3S+. The molecule has 4 rings (SSSR count). The van der Waals surface area contributed by atoms with Crippen LogP contribution in [-0.4, -0.2) is 58.3 Å². The fourth-order valence-corrected chi connectivity index (χ4v) is 4.57. The third-order valence-corrected chi connectivity index (χ3v) is 6.06. The highest BCUT2D eigenvalue weighted by Gasteiger charge is 2.47. The van der Waals surface area contributed by atoms with Crippen LogP contribution >= 0.6 is 11.3 Å². The molecule has 1 aliphatic rings. The van der Waals surface area contributed by atoms with Crippen molar-refractivity contribution in [3.8, 4) is 0 Å². The van der Waals surface area contributed by atoms with Gasteiger partial charge in [0.1, 0.15) is 11.3 Å². The number of aliphatic hydroxyl groups excluding tert-OH is 1. The maximum atomic E-state index is 13.0. The molecule has 2 N–H and O–H groups in total. The lowest BCUT2D eigenvalue weighted by molar-refractivity contribution is -0.857. The summed E-state index contributed by atoms with van der Waals surface area (Å²) < 4.78 is 1.74. The van der Waals surface area contributed by atoms with Crippen LogP contribution in [0.25, 0.3) is 11.4 Å². The number of carbonyl (C=O) groups excluding carboxylic acids is 2. The SMILES string of the molecule is Cc1nc2ccccn2c1C(O)=C1C(=O)C(=O)N(CC[NH+](C)C)[C@H]1c1cccs1. The molecule has 0 radical (unpaired) electrons. The number of ketones is 1. The van der Waals surface area contributed by atoms with E-state index in [2.05, 4.69) is 4.98 Å². The zero-order valence-electron chi connectivity index (χ0n) is 16.5. The van der Waals surface area contributed by atoms with Gasteiger partial charge in [-0.1, -0.05) is 12.1 Å². The van der Waals surface area contributed by atoms with Crippen LogP contribution in [0.2, 0.25) is 0 Å². The van der Waals surface area contributed by atoms with Gasteiger partial charge in [0.2, 0.25) is 0 Å². The lowest BCUT2D eigenvalue weighted by Gasteiger charge is -2.24. The van der Waals surface area contributed by atoms with Gasteiger partial charge in [-0.2, -0.15) is 0 Å². The van der Waals surface area contributed by atoms with Gasteiger partial charge in [-0.05, 0) is 30.5 Å². The molecule has 150 valence electrons. The Morgan fingerprint density at radius 1 is 1.24 bits per heavy atom. The Balaban J connectivity index is 1.90. The van der Waals surface area contributed by atoms with E-state index in [1.165, 1.54) is 16.2 Å². The zero-order chi connectivity index (χ0) is 20.7. The molecule has 0 aromatic carbocycles. The molecule has 4 heterocycles. The van der Waals surface area contributed by atoms with Crippen molar-refractivity contribution in [1.82, 2.24) is 14.3 Å². The van der Waals surface area contributed by atoms with Crippen molar-refractivity contribution in [2.24, 2.45) is 0 Å². The molecule has 7 nitrogen and oxygen atoms in total. The van der Waals surface area contributed by atoms with Crippen molar-refractivity contribution >= 4 is 34.4 Å². The number of Topliss-reactive ketones (excluding diaryl/α,β-unsaturated/α-hetero) is 1. The largest absolute Gasteiger partial charge is 0.505 e. The number of carbonyl (C=O) groups is 2. The fraction of sp³-hybridized carbons (Fsp3) is 0.286. The molecule has 1 aliphatic heterocycles. The van der Waals surface area contributed by atoms with Crippen LogP contribution in [0.3, 0.4) is 0 Å². The van der Waals surface area contributed by atoms with E-state index in [0.29, 0.717) is 30.1 Å². The van der Waals surface area contributed by atoms with Crippen molar-refractivity contribution in [2.45, 2.75) is 13.0 Å². The average Bonchev–Trinajstić information content (AvgIpc) is 3.37. The van der Waals surface area contributed by atoms with E-state index in [1.807, 2.05) is 49.8 Å². The van der Waals surface area contributed by atoms with Crippen LogP contribution < -0.4 is 4.90 Å². The van der Waals surface area contributed by atoms with Crippen LogP contribution in [0, 0.1) is 6.92 Å². The van der Waals surface area contributed by atoms with Crippen LogP contribution in [0.1, 0.15) is 22.3 Å². The Hall–Kier alpha value is -2.97. The van der Waals surface area contributed by atoms with E-state index in [-0.39, 0.29) is 11.3 Å². The Morgan fingerprint density at radius 2 is 2.03 bits per heavy atom. The maximum Gasteiger partial charge on any atom is 0.295 e. The van der Waals surface area contributed by atoms with Crippen molar-refractivity contribution < 1.29 is 19.6 Å². The molecule has 0 bridgehead atoms. The Labute approximate surface area is 172 Å². The van der Waals surface area contributed by atoms with Gasteiger partial charge < -0.3 is 14.9 Å². The molecule has 0 spiro atoms. The highest BCUT2D eigenvalue weighted by molar-refractivity contribution is 7.10. The number of aliphatic hydroxyl groups is 1. The fourth-order valence-electron chi connectivity index (χ4n) is 3.72. The van der Waals surface area contributed by atoms with E-state index >= 15 is 0 Å². The number of likely N-dealkylation sites (N-methyl/N-ethyl adjacent to an activating group) is 1. The standard InChI is InChI=1S/C21H22N4O3S/c1-13-17(24-9-5-4-8-15(24)22-13)19(26)16-18(14-7-6-12-29-14)25(11-10-23(2)3)21(28)20(16)27/h4-9,12,18,26H,10-11H2,1-3H3/p+1/t18-/m0/s1. The number of aromatic nitrogens is 2. The highest BCUT2D eigenvalue weighted by atomic mass is 32.1. The van der Waals surface area contributed by atoms with Crippen LogP contribution in [0.4, 0.5) is 0 Å². The number of thiophene rings is 1. The summed E-state index contributed by atoms with van der Waals surface area (Å²) in [4.78, 5) is 33.9. The summed E-state index contributed by atoms with van der Waals surface area (Å²) in [5.41, 5.74) is 1.84. The van der Waals surface area contributed by atoms with Gasteiger partial charge in [-0.25, -0.2) is 4.98 Å². The van der Waals surface area contributed by atoms with E-state index in [4.69, 9.17) is 0 Å². The van der Waals surface area contributed by atoms with Gasteiger partial charge in [0.05, 0.1) is 44.5 Å². The van der Waals surface area contributed by atoms with Gasteiger partial charge in [0, 0.05) is 11.1 Å². The van der Waals surface area contributed by atoms with Gasteiger partial charge in [0.25, 0.3) is 11.7 Å². The molecule has 0 saturated carbocycles. The molecule has 8 heteroatoms. The lowest BCUT2D eigenvalue weighted by atomic mass is 10.0. The molecule has 0 aliphatic carbocycles. The van der Waals surface area contributed by atoms with Crippen molar-refractivity contribution in [1.29, 1.82) is 0 Å². The number of amides is 1. The summed E-state index contributed by atoms with van der Waals surface area (Å²) >= 11 is 1.47. The minimum atomic E-state index is -0.653. The monoisotopic (exact) mass is 411 g/mol. The summed E-state index contributed by atoms with van der Waals surface area (Å²) in [6, 6.07) is 8.71. The van der Waals surface area contributed by atoms with Crippen LogP contribution in [-0.2, 0) is 9.59 Å². The summed E-state index contributed by atoms with van der Waals surface area (Å²) in [5, 5.41) is 13.2. The first-order valence-corrected chi connectivity index (χ1v) is 10.3. The van der Waals surface area contributed by atoms with Crippen molar-refractivity contribution in [3.05, 3.63) is 63.7 Å². The zero-order valence-corrected chi connectivity index (χ0v) is 17.4. The molecule has 29 heavy (non-hydrogen) atoms. The predicted octanol–water partition coefficient (Wildman–Crippen LogP) is 1.27. The van der Waals surface area contributed by atoms with Gasteiger partial charge >= 0.3 is 0 Å². The summed E-state index contributed by atoms with van der Waals surface area (Å²) in [6.07, 6.45) is 1.79. The second-order valence-electron chi connectivity index (χ2n) is 7.44. The number of hydrogen-bond acceptors (Lipinski definition) is 5. The van der Waals surface area contributed by atoms with Crippen molar-refractivity contribution in [3.63, 3.8) is 0 Å². The highest BCUT2D eigenvalue weighted by Crippen LogP contribution is 2.41. The third kappa shape index (κ3) is 3.24. The number of hydrogen-bond donors (Lipinski definition) is 2. The lowest BCUT2D eigenvalue weighted by Crippen LogP contribution is -3.06. The van der Waals surface area contributed by atoms with Crippen LogP contribution in [0.5, 0.6) is 0 Å². The number of aryl methyl sites for hydroxylation is 1. The van der Waals surface area contributed by atoms with E-state index < -0.39 is 17.7 Å². The molecule has 1 amide bonds. The third-order valence-electron chi connectivity index (χ3n) is 5.13. The molecule has 1 atom stereocenters. The number of nitrogens with zero attached hydrogens (tertiary/aromatic N) is 3. The van der Waals surface area contributed by atoms with Gasteiger partial charge in [-0.3, -0.25) is 14.0 Å². The molecule has 0 unspecified atom stereocenters. The molecular weight excluding hydrogens is 388 g/mol. The molecule has 3 aromatic heterocycles. The topological polar surface area (TPSA) is 79.3 Å². The van der Waals surface area contributed by atoms with E-state index in [9.17, 15) is 14.7 Å². The Morgan fingerprint density at radius 3 is 2.72 bits per heavy atom. The first kappa shape index (κ1) is 19.4. The van der Waals surface area contributed by atoms with Gasteiger partial charge in [0.15, 0.2) is 5.76 Å². The second kappa shape index (κ2) is 7.46. The average molecular weight is 412 g/mol. The van der Waals surface area contributed by atoms with Crippen LogP contribution in [0.15, 0.2) is 47.5 Å². The molecule has 1 fully saturated rings. The molecule has 1 saturated heterocycles. The summed E-state index contributed by atoms with van der Waals surface area (Å²) in [5.74, 6) is -1.41. The molecule has 3 aromatic rings. The first-order chi connectivity index (χ1) is 13.9. The quantitative estimate of drug-likeness (QED) is 0.377. The number of rotatable bonds is 5. The Bertz CT molecular complexity index is 1110. The second-order valence-corrected chi connectivity index (χ2v) is 8.42. The Kier molecular flexibility index (Phi) is 4.97. The normalized spacial score (nSPS) is 19.0. The smallest absolute Gasteiger partial charge is 0.295 e. The summed E-state index contributed by atoms with van der Waals surface area (Å²) in [7, 11) is 4.00. The van der Waals surface area contributed by atoms with E-state index in [0.717, 1.165) is 4.88 Å². The summed E-state index contributed by atoms with van der Waals surface area (Å²) in [6.45, 7) is 2.91. The number of fused-ring (bicyclic) bond motifs is 1. The number of pyridine rings is 1. The van der Waals surface area contributed by atoms with E-state index in [1.54, 1.807) is 22.4 Å². The first-order valence-electron chi connectivity index (χ1n) is 9.45. The van der Waals surface area contributed by atoms with Crippen molar-refractivity contribution in [2.75, 3.05) is 27.2 Å². The minimum absolute atomic E-state index is 0.125. The van der Waals surface area contributed by atoms with Gasteiger partial charge in [-0.15, -0.1) is 11.3 Å². The minimum Gasteiger partial charge on any atom is -0.505 e. The predicted molar refractivity (Wildman–Crippen MR) is 111 cm³/mol. The maximum absolute atomic E-state index is 13.0. The number of imidazole rings is 1. The number of quaternary nitrogens is 1.